The van der Waals surface area contributed by atoms with Crippen LogP contribution in [0.1, 0.15) is 26.7 Å². The minimum atomic E-state index is -3.61. The van der Waals surface area contributed by atoms with Crippen molar-refractivity contribution >= 4 is 16.1 Å². The number of likely N-dealkylation sites (tertiary alicyclic amines) is 1. The zero-order valence-corrected chi connectivity index (χ0v) is 14.9. The summed E-state index contributed by atoms with van der Waals surface area (Å²) < 4.78 is 27.8. The highest BCUT2D eigenvalue weighted by atomic mass is 32.2. The monoisotopic (exact) mass is 352 g/mol. The summed E-state index contributed by atoms with van der Waals surface area (Å²) in [5.41, 5.74) is 0. The van der Waals surface area contributed by atoms with E-state index < -0.39 is 10.0 Å². The van der Waals surface area contributed by atoms with E-state index in [1.165, 1.54) is 12.3 Å². The first-order chi connectivity index (χ1) is 11.5. The van der Waals surface area contributed by atoms with Gasteiger partial charge in [-0.25, -0.2) is 17.9 Å². The molecule has 0 aromatic carbocycles. The standard InChI is InChI=1S/C16H24N4O3S/c1-3-19(4-2)16(21)20-11-12-8-14(15(20)9-12)18-24(22,23)13-6-5-7-17-10-13/h5-7,10,12,14-15,18H,3-4,8-9,11H2,1-2H3/t12-,14+,15-/m1/s1. The van der Waals surface area contributed by atoms with Crippen LogP contribution >= 0.6 is 0 Å². The van der Waals surface area contributed by atoms with Crippen LogP contribution in [0.3, 0.4) is 0 Å². The number of carbonyl (C=O) groups excluding carboxylic acids is 1. The van der Waals surface area contributed by atoms with Crippen LogP contribution in [0.15, 0.2) is 29.4 Å². The molecule has 2 bridgehead atoms. The van der Waals surface area contributed by atoms with Gasteiger partial charge in [-0.15, -0.1) is 0 Å². The number of aromatic nitrogens is 1. The summed E-state index contributed by atoms with van der Waals surface area (Å²) >= 11 is 0. The van der Waals surface area contributed by atoms with Gasteiger partial charge in [-0.2, -0.15) is 0 Å². The lowest BCUT2D eigenvalue weighted by Crippen LogP contribution is -2.55. The summed E-state index contributed by atoms with van der Waals surface area (Å²) in [5.74, 6) is 0.371. The van der Waals surface area contributed by atoms with Gasteiger partial charge < -0.3 is 9.80 Å². The predicted molar refractivity (Wildman–Crippen MR) is 89.9 cm³/mol. The number of urea groups is 1. The van der Waals surface area contributed by atoms with Gasteiger partial charge in [0.2, 0.25) is 10.0 Å². The minimum Gasteiger partial charge on any atom is -0.325 e. The summed E-state index contributed by atoms with van der Waals surface area (Å²) in [5, 5.41) is 0. The van der Waals surface area contributed by atoms with E-state index in [1.54, 1.807) is 17.2 Å². The second kappa shape index (κ2) is 6.68. The van der Waals surface area contributed by atoms with Crippen molar-refractivity contribution in [2.24, 2.45) is 5.92 Å². The lowest BCUT2D eigenvalue weighted by molar-refractivity contribution is 0.134. The van der Waals surface area contributed by atoms with Gasteiger partial charge >= 0.3 is 6.03 Å². The van der Waals surface area contributed by atoms with E-state index in [-0.39, 0.29) is 23.0 Å². The fraction of sp³-hybridized carbons (Fsp3) is 0.625. The van der Waals surface area contributed by atoms with Crippen LogP contribution in [0.4, 0.5) is 4.79 Å². The Balaban J connectivity index is 1.74. The molecule has 0 spiro atoms. The van der Waals surface area contributed by atoms with Crippen LogP contribution < -0.4 is 4.72 Å². The average molecular weight is 352 g/mol. The number of hydrogen-bond donors (Lipinski definition) is 1. The highest BCUT2D eigenvalue weighted by molar-refractivity contribution is 7.89. The molecule has 1 N–H and O–H groups in total. The van der Waals surface area contributed by atoms with Gasteiger partial charge in [0.15, 0.2) is 0 Å². The highest BCUT2D eigenvalue weighted by Crippen LogP contribution is 2.38. The smallest absolute Gasteiger partial charge is 0.320 e. The quantitative estimate of drug-likeness (QED) is 0.865. The third-order valence-corrected chi connectivity index (χ3v) is 6.49. The molecule has 1 saturated carbocycles. The van der Waals surface area contributed by atoms with E-state index in [2.05, 4.69) is 9.71 Å². The van der Waals surface area contributed by atoms with E-state index in [0.29, 0.717) is 19.0 Å². The number of fused-ring (bicyclic) bond motifs is 2. The van der Waals surface area contributed by atoms with Crippen LogP contribution in [0.25, 0.3) is 0 Å². The Kier molecular flexibility index (Phi) is 4.78. The molecule has 24 heavy (non-hydrogen) atoms. The van der Waals surface area contributed by atoms with Crippen molar-refractivity contribution in [2.75, 3.05) is 19.6 Å². The zero-order chi connectivity index (χ0) is 17.3. The molecule has 3 rings (SSSR count). The van der Waals surface area contributed by atoms with Crippen LogP contribution in [-0.2, 0) is 10.0 Å². The Bertz CT molecular complexity index is 691. The van der Waals surface area contributed by atoms with E-state index in [1.807, 2.05) is 18.7 Å². The van der Waals surface area contributed by atoms with E-state index in [0.717, 1.165) is 19.4 Å². The molecular weight excluding hydrogens is 328 g/mol. The maximum atomic E-state index is 12.6. The summed E-state index contributed by atoms with van der Waals surface area (Å²) in [6.07, 6.45) is 4.54. The Morgan fingerprint density at radius 3 is 2.71 bits per heavy atom. The number of rotatable bonds is 5. The van der Waals surface area contributed by atoms with Crippen molar-refractivity contribution < 1.29 is 13.2 Å². The maximum Gasteiger partial charge on any atom is 0.320 e. The molecule has 8 heteroatoms. The molecule has 2 heterocycles. The molecule has 132 valence electrons. The van der Waals surface area contributed by atoms with Crippen molar-refractivity contribution in [3.05, 3.63) is 24.5 Å². The molecule has 1 aromatic rings. The van der Waals surface area contributed by atoms with Crippen molar-refractivity contribution in [3.63, 3.8) is 0 Å². The molecule has 7 nitrogen and oxygen atoms in total. The van der Waals surface area contributed by atoms with Gasteiger partial charge in [0.05, 0.1) is 6.04 Å². The third kappa shape index (κ3) is 3.12. The summed E-state index contributed by atoms with van der Waals surface area (Å²) in [6.45, 7) is 5.96. The Morgan fingerprint density at radius 2 is 2.12 bits per heavy atom. The van der Waals surface area contributed by atoms with E-state index >= 15 is 0 Å². The normalized spacial score (nSPS) is 25.9. The van der Waals surface area contributed by atoms with Crippen molar-refractivity contribution in [3.8, 4) is 0 Å². The number of nitrogens with one attached hydrogen (secondary N) is 1. The van der Waals surface area contributed by atoms with Gasteiger partial charge in [0, 0.05) is 38.1 Å². The maximum absolute atomic E-state index is 12.6. The second-order valence-electron chi connectivity index (χ2n) is 6.43. The largest absolute Gasteiger partial charge is 0.325 e. The van der Waals surface area contributed by atoms with Gasteiger partial charge in [0.1, 0.15) is 4.90 Å². The van der Waals surface area contributed by atoms with Crippen molar-refractivity contribution in [1.82, 2.24) is 19.5 Å². The van der Waals surface area contributed by atoms with Crippen LogP contribution in [0, 0.1) is 5.92 Å². The molecule has 2 fully saturated rings. The van der Waals surface area contributed by atoms with Gasteiger partial charge in [-0.05, 0) is 44.7 Å². The zero-order valence-electron chi connectivity index (χ0n) is 14.1. The molecule has 1 saturated heterocycles. The first-order valence-corrected chi connectivity index (χ1v) is 9.92. The van der Waals surface area contributed by atoms with Crippen LogP contribution in [0.2, 0.25) is 0 Å². The molecular formula is C16H24N4O3S. The van der Waals surface area contributed by atoms with Gasteiger partial charge in [-0.1, -0.05) is 0 Å². The Hall–Kier alpha value is -1.67. The number of pyridine rings is 1. The number of amides is 2. The van der Waals surface area contributed by atoms with Crippen LogP contribution in [-0.4, -0.2) is 61.0 Å². The number of carbonyl (C=O) groups is 1. The first-order valence-electron chi connectivity index (χ1n) is 8.44. The molecule has 2 aliphatic rings. The Morgan fingerprint density at radius 1 is 1.38 bits per heavy atom. The highest BCUT2D eigenvalue weighted by Gasteiger charge is 2.48. The topological polar surface area (TPSA) is 82.6 Å². The molecule has 2 amide bonds. The number of piperidine rings is 1. The minimum absolute atomic E-state index is 0.0118. The number of hydrogen-bond acceptors (Lipinski definition) is 4. The molecule has 1 aliphatic heterocycles. The fourth-order valence-electron chi connectivity index (χ4n) is 3.82. The first kappa shape index (κ1) is 17.2. The van der Waals surface area contributed by atoms with E-state index in [4.69, 9.17) is 0 Å². The lowest BCUT2D eigenvalue weighted by atomic mass is 10.1. The van der Waals surface area contributed by atoms with Crippen molar-refractivity contribution in [1.29, 1.82) is 0 Å². The average Bonchev–Trinajstić information content (AvgIpc) is 3.16. The predicted octanol–water partition coefficient (Wildman–Crippen LogP) is 1.28. The number of sulfonamides is 1. The number of nitrogens with zero attached hydrogens (tertiary/aromatic N) is 3. The second-order valence-corrected chi connectivity index (χ2v) is 8.14. The lowest BCUT2D eigenvalue weighted by Gasteiger charge is -2.36. The van der Waals surface area contributed by atoms with Crippen LogP contribution in [0.5, 0.6) is 0 Å². The van der Waals surface area contributed by atoms with Crippen molar-refractivity contribution in [2.45, 2.75) is 43.7 Å². The fourth-order valence-corrected chi connectivity index (χ4v) is 5.07. The molecule has 0 unspecified atom stereocenters. The summed E-state index contributed by atoms with van der Waals surface area (Å²) in [6, 6.07) is 2.85. The summed E-state index contributed by atoms with van der Waals surface area (Å²) in [4.78, 5) is 20.3. The van der Waals surface area contributed by atoms with E-state index in [9.17, 15) is 13.2 Å². The SMILES string of the molecule is CCN(CC)C(=O)N1C[C@@H]2C[C@H](NS(=O)(=O)c3cccnc3)[C@H]1C2. The van der Waals surface area contributed by atoms with Gasteiger partial charge in [0.25, 0.3) is 0 Å². The summed E-state index contributed by atoms with van der Waals surface area (Å²) in [7, 11) is -3.61. The third-order valence-electron chi connectivity index (χ3n) is 5.01. The molecule has 3 atom stereocenters. The van der Waals surface area contributed by atoms with Gasteiger partial charge in [-0.3, -0.25) is 4.98 Å². The Labute approximate surface area is 143 Å². The molecule has 1 aromatic heterocycles. The molecule has 0 radical (unpaired) electrons. The molecule has 1 aliphatic carbocycles.